The zero-order valence-corrected chi connectivity index (χ0v) is 28.1. The standard InChI is InChI=1S/C35H47N5O5S/c1-24(2)22-40-17-16-36-32(23-40)33(41)31(18-26-12-8-6-9-13-26)38-35(43)29-19-28(20-30(21-29)39(4)46(5,44)45)34(42)37-25(3)27-14-10-7-11-15-27/h6-15,19-21,24-25,31-33,36,41H,16-18,22-23H2,1-5H3,(H,37,42)(H,38,43)/t25-,31+,32-,33+/m1/s1. The third kappa shape index (κ3) is 9.62. The van der Waals surface area contributed by atoms with Crippen LogP contribution in [0.15, 0.2) is 78.9 Å². The lowest BCUT2D eigenvalue weighted by Gasteiger charge is -2.39. The van der Waals surface area contributed by atoms with Crippen LogP contribution in [0.1, 0.15) is 58.7 Å². The van der Waals surface area contributed by atoms with Crippen LogP contribution in [0.2, 0.25) is 0 Å². The van der Waals surface area contributed by atoms with Gasteiger partial charge in [0.2, 0.25) is 10.0 Å². The predicted molar refractivity (Wildman–Crippen MR) is 182 cm³/mol. The lowest BCUT2D eigenvalue weighted by molar-refractivity contribution is 0.0457. The van der Waals surface area contributed by atoms with Gasteiger partial charge in [-0.1, -0.05) is 74.5 Å². The van der Waals surface area contributed by atoms with Crippen molar-refractivity contribution in [2.75, 3.05) is 43.8 Å². The van der Waals surface area contributed by atoms with Crippen LogP contribution in [0.5, 0.6) is 0 Å². The smallest absolute Gasteiger partial charge is 0.251 e. The minimum absolute atomic E-state index is 0.105. The fraction of sp³-hybridized carbons (Fsp3) is 0.429. The first-order valence-electron chi connectivity index (χ1n) is 15.7. The molecule has 1 aliphatic heterocycles. The van der Waals surface area contributed by atoms with Crippen molar-refractivity contribution in [1.29, 1.82) is 0 Å². The van der Waals surface area contributed by atoms with E-state index in [4.69, 9.17) is 0 Å². The topological polar surface area (TPSA) is 131 Å². The van der Waals surface area contributed by atoms with Gasteiger partial charge in [0.25, 0.3) is 11.8 Å². The van der Waals surface area contributed by atoms with E-state index in [-0.39, 0.29) is 28.9 Å². The van der Waals surface area contributed by atoms with Gasteiger partial charge in [0.05, 0.1) is 30.1 Å². The summed E-state index contributed by atoms with van der Waals surface area (Å²) in [5.41, 5.74) is 2.26. The maximum absolute atomic E-state index is 13.9. The highest BCUT2D eigenvalue weighted by atomic mass is 32.2. The number of aliphatic hydroxyl groups excluding tert-OH is 1. The Morgan fingerprint density at radius 3 is 2.13 bits per heavy atom. The summed E-state index contributed by atoms with van der Waals surface area (Å²) in [6, 6.07) is 22.2. The maximum Gasteiger partial charge on any atom is 0.251 e. The molecule has 4 N–H and O–H groups in total. The van der Waals surface area contributed by atoms with Crippen molar-refractivity contribution in [3.8, 4) is 0 Å². The molecular formula is C35H47N5O5S. The zero-order valence-electron chi connectivity index (χ0n) is 27.3. The lowest BCUT2D eigenvalue weighted by Crippen LogP contribution is -2.61. The van der Waals surface area contributed by atoms with E-state index in [9.17, 15) is 23.1 Å². The van der Waals surface area contributed by atoms with Crippen molar-refractivity contribution in [3.05, 3.63) is 101 Å². The summed E-state index contributed by atoms with van der Waals surface area (Å²) in [6.45, 7) is 9.33. The molecule has 0 unspecified atom stereocenters. The number of hydrogen-bond donors (Lipinski definition) is 4. The van der Waals surface area contributed by atoms with Crippen LogP contribution in [-0.2, 0) is 16.4 Å². The Hall–Kier alpha value is -3.77. The molecule has 0 radical (unpaired) electrons. The molecule has 3 aromatic carbocycles. The van der Waals surface area contributed by atoms with Gasteiger partial charge >= 0.3 is 0 Å². The Morgan fingerprint density at radius 1 is 0.957 bits per heavy atom. The summed E-state index contributed by atoms with van der Waals surface area (Å²) < 4.78 is 26.0. The minimum atomic E-state index is -3.70. The molecule has 11 heteroatoms. The molecular weight excluding hydrogens is 602 g/mol. The summed E-state index contributed by atoms with van der Waals surface area (Å²) >= 11 is 0. The fourth-order valence-corrected chi connectivity index (χ4v) is 6.25. The highest BCUT2D eigenvalue weighted by molar-refractivity contribution is 7.92. The predicted octanol–water partition coefficient (Wildman–Crippen LogP) is 3.21. The first kappa shape index (κ1) is 35.1. The lowest BCUT2D eigenvalue weighted by atomic mass is 9.94. The Kier molecular flexibility index (Phi) is 12.0. The number of piperazine rings is 1. The van der Waals surface area contributed by atoms with Crippen LogP contribution >= 0.6 is 0 Å². The Bertz CT molecular complexity index is 1570. The fourth-order valence-electron chi connectivity index (χ4n) is 5.76. The molecule has 1 fully saturated rings. The number of anilines is 1. The third-order valence-electron chi connectivity index (χ3n) is 8.30. The molecule has 0 spiro atoms. The monoisotopic (exact) mass is 649 g/mol. The number of nitrogens with zero attached hydrogens (tertiary/aromatic N) is 2. The molecule has 1 saturated heterocycles. The van der Waals surface area contributed by atoms with Gasteiger partial charge in [-0.15, -0.1) is 0 Å². The van der Waals surface area contributed by atoms with Crippen molar-refractivity contribution in [3.63, 3.8) is 0 Å². The number of hydrogen-bond acceptors (Lipinski definition) is 7. The number of sulfonamides is 1. The van der Waals surface area contributed by atoms with Gasteiger partial charge in [-0.3, -0.25) is 13.9 Å². The van der Waals surface area contributed by atoms with Gasteiger partial charge in [0.1, 0.15) is 0 Å². The highest BCUT2D eigenvalue weighted by Crippen LogP contribution is 2.23. The van der Waals surface area contributed by atoms with Gasteiger partial charge in [-0.2, -0.15) is 0 Å². The first-order valence-corrected chi connectivity index (χ1v) is 17.6. The van der Waals surface area contributed by atoms with E-state index in [2.05, 4.69) is 34.7 Å². The Morgan fingerprint density at radius 2 is 1.54 bits per heavy atom. The normalized spacial score (nSPS) is 17.6. The van der Waals surface area contributed by atoms with E-state index in [0.29, 0.717) is 18.9 Å². The summed E-state index contributed by atoms with van der Waals surface area (Å²) in [5, 5.41) is 21.1. The van der Waals surface area contributed by atoms with Crippen molar-refractivity contribution in [2.45, 2.75) is 51.4 Å². The van der Waals surface area contributed by atoms with Crippen LogP contribution in [0.3, 0.4) is 0 Å². The zero-order chi connectivity index (χ0) is 33.4. The van der Waals surface area contributed by atoms with Crippen LogP contribution < -0.4 is 20.3 Å². The molecule has 0 saturated carbocycles. The van der Waals surface area contributed by atoms with E-state index < -0.39 is 34.0 Å². The molecule has 248 valence electrons. The van der Waals surface area contributed by atoms with Crippen LogP contribution in [0.25, 0.3) is 0 Å². The van der Waals surface area contributed by atoms with Gasteiger partial charge in [-0.25, -0.2) is 8.42 Å². The second kappa shape index (κ2) is 15.7. The average molecular weight is 650 g/mol. The molecule has 1 aliphatic rings. The molecule has 4 rings (SSSR count). The van der Waals surface area contributed by atoms with E-state index in [1.807, 2.05) is 67.6 Å². The van der Waals surface area contributed by atoms with Gasteiger partial charge < -0.3 is 26.0 Å². The Labute approximate surface area is 273 Å². The van der Waals surface area contributed by atoms with Crippen molar-refractivity contribution < 1.29 is 23.1 Å². The molecule has 0 aromatic heterocycles. The summed E-state index contributed by atoms with van der Waals surface area (Å²) in [4.78, 5) is 29.7. The van der Waals surface area contributed by atoms with Gasteiger partial charge in [0.15, 0.2) is 0 Å². The third-order valence-corrected chi connectivity index (χ3v) is 9.51. The Balaban J connectivity index is 1.63. The summed E-state index contributed by atoms with van der Waals surface area (Å²) in [5.74, 6) is -0.495. The summed E-state index contributed by atoms with van der Waals surface area (Å²) in [7, 11) is -2.32. The minimum Gasteiger partial charge on any atom is -0.389 e. The first-order chi connectivity index (χ1) is 21.8. The van der Waals surface area contributed by atoms with Crippen molar-refractivity contribution >= 4 is 27.5 Å². The molecule has 10 nitrogen and oxygen atoms in total. The molecule has 0 aliphatic carbocycles. The molecule has 0 bridgehead atoms. The van der Waals surface area contributed by atoms with E-state index in [1.165, 1.54) is 25.2 Å². The SMILES string of the molecule is CC(C)CN1CCN[C@@H]([C@@H](O)[C@H](Cc2ccccc2)NC(=O)c2cc(C(=O)N[C@H](C)c3ccccc3)cc(N(C)S(C)(=O)=O)c2)C1. The number of amides is 2. The van der Waals surface area contributed by atoms with Crippen LogP contribution in [0, 0.1) is 5.92 Å². The molecule has 4 atom stereocenters. The second-order valence-corrected chi connectivity index (χ2v) is 14.6. The van der Waals surface area contributed by atoms with E-state index >= 15 is 0 Å². The van der Waals surface area contributed by atoms with Gasteiger partial charge in [0, 0.05) is 50.4 Å². The summed E-state index contributed by atoms with van der Waals surface area (Å²) in [6.07, 6.45) is 0.514. The second-order valence-electron chi connectivity index (χ2n) is 12.6. The molecule has 46 heavy (non-hydrogen) atoms. The number of benzene rings is 3. The largest absolute Gasteiger partial charge is 0.389 e. The highest BCUT2D eigenvalue weighted by Gasteiger charge is 2.33. The number of carbonyl (C=O) groups excluding carboxylic acids is 2. The number of rotatable bonds is 13. The van der Waals surface area contributed by atoms with Crippen LogP contribution in [0.4, 0.5) is 5.69 Å². The maximum atomic E-state index is 13.9. The van der Waals surface area contributed by atoms with E-state index in [1.54, 1.807) is 0 Å². The van der Waals surface area contributed by atoms with Crippen molar-refractivity contribution in [1.82, 2.24) is 20.9 Å². The van der Waals surface area contributed by atoms with Crippen molar-refractivity contribution in [2.24, 2.45) is 5.92 Å². The quantitative estimate of drug-likeness (QED) is 0.224. The van der Waals surface area contributed by atoms with E-state index in [0.717, 1.165) is 41.3 Å². The number of nitrogens with one attached hydrogen (secondary N) is 3. The molecule has 2 amide bonds. The van der Waals surface area contributed by atoms with Crippen LogP contribution in [-0.4, -0.2) is 87.9 Å². The molecule has 3 aromatic rings. The molecule has 1 heterocycles. The van der Waals surface area contributed by atoms with Gasteiger partial charge in [-0.05, 0) is 48.6 Å². The average Bonchev–Trinajstić information content (AvgIpc) is 3.03. The number of carbonyl (C=O) groups is 2. The number of aliphatic hydroxyl groups is 1.